The van der Waals surface area contributed by atoms with Crippen LogP contribution in [0.3, 0.4) is 0 Å². The fourth-order valence-corrected chi connectivity index (χ4v) is 2.37. The van der Waals surface area contributed by atoms with Gasteiger partial charge in [0.25, 0.3) is 5.91 Å². The highest BCUT2D eigenvalue weighted by Gasteiger charge is 2.24. The van der Waals surface area contributed by atoms with Gasteiger partial charge in [0.2, 0.25) is 0 Å². The zero-order chi connectivity index (χ0) is 20.7. The Balaban J connectivity index is 1.94. The SMILES string of the molecule is COc1ccc(Cl)cc1NC(=O)[C@H](C)OC(=O)[C@@H](C)Oc1ccc(C#N)cc1. The first-order valence-electron chi connectivity index (χ1n) is 8.35. The number of hydrogen-bond acceptors (Lipinski definition) is 6. The lowest BCUT2D eigenvalue weighted by molar-refractivity contribution is -0.159. The van der Waals surface area contributed by atoms with Crippen molar-refractivity contribution in [2.45, 2.75) is 26.1 Å². The number of esters is 1. The smallest absolute Gasteiger partial charge is 0.347 e. The Bertz CT molecular complexity index is 892. The Kier molecular flexibility index (Phi) is 7.24. The number of rotatable bonds is 7. The van der Waals surface area contributed by atoms with Crippen molar-refractivity contribution in [3.8, 4) is 17.6 Å². The lowest BCUT2D eigenvalue weighted by Crippen LogP contribution is -2.35. The molecule has 2 aromatic rings. The molecule has 2 rings (SSSR count). The van der Waals surface area contributed by atoms with E-state index in [4.69, 9.17) is 31.1 Å². The van der Waals surface area contributed by atoms with Crippen molar-refractivity contribution in [3.05, 3.63) is 53.1 Å². The number of amides is 1. The maximum absolute atomic E-state index is 12.3. The lowest BCUT2D eigenvalue weighted by Gasteiger charge is -2.18. The van der Waals surface area contributed by atoms with Crippen LogP contribution < -0.4 is 14.8 Å². The van der Waals surface area contributed by atoms with Crippen molar-refractivity contribution < 1.29 is 23.8 Å². The molecule has 0 aliphatic heterocycles. The number of ether oxygens (including phenoxy) is 3. The number of anilines is 1. The molecule has 0 aromatic heterocycles. The van der Waals surface area contributed by atoms with Crippen molar-refractivity contribution in [1.82, 2.24) is 0 Å². The van der Waals surface area contributed by atoms with Gasteiger partial charge in [-0.2, -0.15) is 5.26 Å². The molecule has 0 aliphatic carbocycles. The zero-order valence-corrected chi connectivity index (χ0v) is 16.3. The summed E-state index contributed by atoms with van der Waals surface area (Å²) < 4.78 is 15.8. The van der Waals surface area contributed by atoms with Gasteiger partial charge >= 0.3 is 5.97 Å². The Morgan fingerprint density at radius 3 is 2.39 bits per heavy atom. The fraction of sp³-hybridized carbons (Fsp3) is 0.250. The number of hydrogen-bond donors (Lipinski definition) is 1. The number of carbonyl (C=O) groups is 2. The van der Waals surface area contributed by atoms with Crippen LogP contribution in [0.25, 0.3) is 0 Å². The van der Waals surface area contributed by atoms with Crippen molar-refractivity contribution in [2.75, 3.05) is 12.4 Å². The zero-order valence-electron chi connectivity index (χ0n) is 15.6. The van der Waals surface area contributed by atoms with Gasteiger partial charge in [0, 0.05) is 5.02 Å². The minimum Gasteiger partial charge on any atom is -0.495 e. The van der Waals surface area contributed by atoms with Gasteiger partial charge in [0.1, 0.15) is 11.5 Å². The second-order valence-corrected chi connectivity index (χ2v) is 6.25. The van der Waals surface area contributed by atoms with Crippen LogP contribution in [0.5, 0.6) is 11.5 Å². The summed E-state index contributed by atoms with van der Waals surface area (Å²) in [6.07, 6.45) is -2.01. The summed E-state index contributed by atoms with van der Waals surface area (Å²) in [5.74, 6) is -0.414. The summed E-state index contributed by atoms with van der Waals surface area (Å²) in [6.45, 7) is 2.95. The van der Waals surface area contributed by atoms with E-state index in [-0.39, 0.29) is 0 Å². The molecule has 0 radical (unpaired) electrons. The Morgan fingerprint density at radius 2 is 1.79 bits per heavy atom. The van der Waals surface area contributed by atoms with Crippen LogP contribution in [0.15, 0.2) is 42.5 Å². The Labute approximate surface area is 167 Å². The van der Waals surface area contributed by atoms with Gasteiger partial charge < -0.3 is 19.5 Å². The molecule has 0 heterocycles. The van der Waals surface area contributed by atoms with E-state index in [0.29, 0.717) is 27.8 Å². The second kappa shape index (κ2) is 9.62. The molecule has 0 bridgehead atoms. The molecule has 7 nitrogen and oxygen atoms in total. The molecule has 0 saturated carbocycles. The van der Waals surface area contributed by atoms with Gasteiger partial charge in [0.15, 0.2) is 12.2 Å². The predicted octanol–water partition coefficient (Wildman–Crippen LogP) is 3.56. The molecular formula is C20H19ClN2O5. The maximum Gasteiger partial charge on any atom is 0.347 e. The highest BCUT2D eigenvalue weighted by atomic mass is 35.5. The van der Waals surface area contributed by atoms with Gasteiger partial charge in [-0.05, 0) is 56.3 Å². The predicted molar refractivity (Wildman–Crippen MR) is 103 cm³/mol. The number of halogens is 1. The van der Waals surface area contributed by atoms with E-state index in [2.05, 4.69) is 5.32 Å². The molecule has 8 heteroatoms. The number of carbonyl (C=O) groups excluding carboxylic acids is 2. The third-order valence-electron chi connectivity index (χ3n) is 3.71. The molecular weight excluding hydrogens is 384 g/mol. The van der Waals surface area contributed by atoms with Gasteiger partial charge in [0.05, 0.1) is 24.4 Å². The molecule has 28 heavy (non-hydrogen) atoms. The van der Waals surface area contributed by atoms with E-state index < -0.39 is 24.1 Å². The van der Waals surface area contributed by atoms with E-state index in [1.54, 1.807) is 36.4 Å². The van der Waals surface area contributed by atoms with Crippen LogP contribution in [-0.4, -0.2) is 31.2 Å². The first-order valence-corrected chi connectivity index (χ1v) is 8.73. The van der Waals surface area contributed by atoms with Crippen molar-refractivity contribution in [1.29, 1.82) is 5.26 Å². The van der Waals surface area contributed by atoms with Crippen molar-refractivity contribution in [2.24, 2.45) is 0 Å². The third kappa shape index (κ3) is 5.63. The quantitative estimate of drug-likeness (QED) is 0.711. The van der Waals surface area contributed by atoms with Crippen molar-refractivity contribution in [3.63, 3.8) is 0 Å². The molecule has 0 fully saturated rings. The Hall–Kier alpha value is -3.24. The number of methoxy groups -OCH3 is 1. The standard InChI is InChI=1S/C20H19ClN2O5/c1-12(19(24)23-17-10-15(21)6-9-18(17)26-3)28-20(25)13(2)27-16-7-4-14(11-22)5-8-16/h4-10,12-13H,1-3H3,(H,23,24)/t12-,13+/m0/s1. The molecule has 2 aromatic carbocycles. The highest BCUT2D eigenvalue weighted by molar-refractivity contribution is 6.31. The largest absolute Gasteiger partial charge is 0.495 e. The van der Waals surface area contributed by atoms with Crippen LogP contribution in [0, 0.1) is 11.3 Å². The lowest BCUT2D eigenvalue weighted by atomic mass is 10.2. The van der Waals surface area contributed by atoms with Crippen molar-refractivity contribution >= 4 is 29.2 Å². The second-order valence-electron chi connectivity index (χ2n) is 5.81. The van der Waals surface area contributed by atoms with Crippen LogP contribution in [0.2, 0.25) is 5.02 Å². The van der Waals surface area contributed by atoms with Crippen LogP contribution in [0.1, 0.15) is 19.4 Å². The molecule has 1 amide bonds. The molecule has 1 N–H and O–H groups in total. The van der Waals surface area contributed by atoms with Crippen LogP contribution >= 0.6 is 11.6 Å². The van der Waals surface area contributed by atoms with Crippen LogP contribution in [-0.2, 0) is 14.3 Å². The topological polar surface area (TPSA) is 97.7 Å². The summed E-state index contributed by atoms with van der Waals surface area (Å²) in [5, 5.41) is 11.8. The van der Waals surface area contributed by atoms with Crippen LogP contribution in [0.4, 0.5) is 5.69 Å². The Morgan fingerprint density at radius 1 is 1.11 bits per heavy atom. The van der Waals surface area contributed by atoms with Gasteiger partial charge in [-0.25, -0.2) is 4.79 Å². The normalized spacial score (nSPS) is 12.2. The third-order valence-corrected chi connectivity index (χ3v) is 3.94. The summed E-state index contributed by atoms with van der Waals surface area (Å²) in [4.78, 5) is 24.5. The summed E-state index contributed by atoms with van der Waals surface area (Å²) in [7, 11) is 1.46. The first-order chi connectivity index (χ1) is 13.3. The molecule has 0 aliphatic rings. The number of nitrogens with zero attached hydrogens (tertiary/aromatic N) is 1. The minimum absolute atomic E-state index is 0.366. The van der Waals surface area contributed by atoms with E-state index >= 15 is 0 Å². The average Bonchev–Trinajstić information content (AvgIpc) is 2.68. The molecule has 2 atom stereocenters. The van der Waals surface area contributed by atoms with Gasteiger partial charge in [-0.15, -0.1) is 0 Å². The maximum atomic E-state index is 12.3. The first kappa shape index (κ1) is 21.1. The number of nitrogens with one attached hydrogen (secondary N) is 1. The monoisotopic (exact) mass is 402 g/mol. The molecule has 0 unspecified atom stereocenters. The van der Waals surface area contributed by atoms with Gasteiger partial charge in [-0.1, -0.05) is 11.6 Å². The molecule has 146 valence electrons. The summed E-state index contributed by atoms with van der Waals surface area (Å²) in [6, 6.07) is 13.1. The number of benzene rings is 2. The minimum atomic E-state index is -1.07. The fourth-order valence-electron chi connectivity index (χ4n) is 2.20. The average molecular weight is 403 g/mol. The summed E-state index contributed by atoms with van der Waals surface area (Å²) >= 11 is 5.93. The number of nitriles is 1. The van der Waals surface area contributed by atoms with E-state index in [1.165, 1.54) is 27.0 Å². The molecule has 0 spiro atoms. The molecule has 0 saturated heterocycles. The van der Waals surface area contributed by atoms with Gasteiger partial charge in [-0.3, -0.25) is 4.79 Å². The van der Waals surface area contributed by atoms with E-state index in [9.17, 15) is 9.59 Å². The highest BCUT2D eigenvalue weighted by Crippen LogP contribution is 2.27. The summed E-state index contributed by atoms with van der Waals surface area (Å²) in [5.41, 5.74) is 0.842. The van der Waals surface area contributed by atoms with E-state index in [0.717, 1.165) is 0 Å². The van der Waals surface area contributed by atoms with E-state index in [1.807, 2.05) is 6.07 Å².